The molecule has 0 aliphatic carbocycles. The molecule has 1 heterocycles. The van der Waals surface area contributed by atoms with Crippen LogP contribution in [0.4, 0.5) is 0 Å². The summed E-state index contributed by atoms with van der Waals surface area (Å²) in [5.41, 5.74) is 6.35. The Balaban J connectivity index is 2.21. The highest BCUT2D eigenvalue weighted by Crippen LogP contribution is 2.31. The maximum absolute atomic E-state index is 5.52. The van der Waals surface area contributed by atoms with Crippen molar-refractivity contribution < 1.29 is 14.0 Å². The summed E-state index contributed by atoms with van der Waals surface area (Å²) in [7, 11) is 3.20. The average Bonchev–Trinajstić information content (AvgIpc) is 3.01. The van der Waals surface area contributed by atoms with Crippen LogP contribution in [-0.4, -0.2) is 30.9 Å². The molecule has 0 bridgehead atoms. The number of hydrogen-bond donors (Lipinski definition) is 1. The van der Waals surface area contributed by atoms with Crippen LogP contribution in [0.5, 0.6) is 11.5 Å². The van der Waals surface area contributed by atoms with Gasteiger partial charge >= 0.3 is 0 Å². The molecule has 0 saturated carbocycles. The Morgan fingerprint density at radius 1 is 1.24 bits per heavy atom. The summed E-state index contributed by atoms with van der Waals surface area (Å²) in [6.45, 7) is 2.72. The van der Waals surface area contributed by atoms with E-state index in [4.69, 9.17) is 19.7 Å². The predicted octanol–water partition coefficient (Wildman–Crippen LogP) is 2.60. The third kappa shape index (κ3) is 3.52. The molecule has 1 aromatic heterocycles. The van der Waals surface area contributed by atoms with Gasteiger partial charge in [-0.15, -0.1) is 0 Å². The number of benzene rings is 1. The van der Waals surface area contributed by atoms with Crippen LogP contribution < -0.4 is 15.2 Å². The van der Waals surface area contributed by atoms with Gasteiger partial charge in [0.15, 0.2) is 11.5 Å². The van der Waals surface area contributed by atoms with Gasteiger partial charge in [-0.05, 0) is 37.6 Å². The van der Waals surface area contributed by atoms with Crippen molar-refractivity contribution in [2.24, 2.45) is 5.73 Å². The summed E-state index contributed by atoms with van der Waals surface area (Å²) in [5, 5.41) is 4.03. The first-order valence-electron chi connectivity index (χ1n) is 6.95. The topological polar surface area (TPSA) is 83.4 Å². The fraction of sp³-hybridized carbons (Fsp3) is 0.467. The molecule has 2 aromatic rings. The van der Waals surface area contributed by atoms with E-state index >= 15 is 0 Å². The largest absolute Gasteiger partial charge is 0.493 e. The molecule has 6 nitrogen and oxygen atoms in total. The van der Waals surface area contributed by atoms with Gasteiger partial charge in [-0.2, -0.15) is 4.98 Å². The van der Waals surface area contributed by atoms with Crippen molar-refractivity contribution in [1.29, 1.82) is 0 Å². The van der Waals surface area contributed by atoms with Crippen LogP contribution in [0.2, 0.25) is 0 Å². The molecule has 0 saturated heterocycles. The molecule has 0 fully saturated rings. The Morgan fingerprint density at radius 2 is 2.00 bits per heavy atom. The van der Waals surface area contributed by atoms with Crippen molar-refractivity contribution in [2.45, 2.75) is 25.7 Å². The van der Waals surface area contributed by atoms with E-state index in [0.29, 0.717) is 29.8 Å². The van der Waals surface area contributed by atoms with Crippen molar-refractivity contribution in [2.75, 3.05) is 20.8 Å². The smallest absolute Gasteiger partial charge is 0.229 e. The first-order valence-corrected chi connectivity index (χ1v) is 6.95. The Hall–Kier alpha value is -2.08. The van der Waals surface area contributed by atoms with Gasteiger partial charge in [0.05, 0.1) is 14.2 Å². The van der Waals surface area contributed by atoms with E-state index in [9.17, 15) is 0 Å². The van der Waals surface area contributed by atoms with Gasteiger partial charge in [0.2, 0.25) is 11.7 Å². The summed E-state index contributed by atoms with van der Waals surface area (Å²) >= 11 is 0. The molecule has 2 rings (SSSR count). The number of hydrogen-bond acceptors (Lipinski definition) is 6. The minimum absolute atomic E-state index is 0.204. The predicted molar refractivity (Wildman–Crippen MR) is 79.5 cm³/mol. The highest BCUT2D eigenvalue weighted by atomic mass is 16.5. The second kappa shape index (κ2) is 7.08. The molecule has 0 amide bonds. The highest BCUT2D eigenvalue weighted by molar-refractivity contribution is 5.60. The van der Waals surface area contributed by atoms with Crippen LogP contribution in [-0.2, 0) is 0 Å². The van der Waals surface area contributed by atoms with Gasteiger partial charge < -0.3 is 19.7 Å². The van der Waals surface area contributed by atoms with Crippen LogP contribution in [0.25, 0.3) is 11.4 Å². The quantitative estimate of drug-likeness (QED) is 0.844. The molecule has 0 aliphatic rings. The van der Waals surface area contributed by atoms with Crippen molar-refractivity contribution >= 4 is 0 Å². The zero-order chi connectivity index (χ0) is 15.2. The minimum atomic E-state index is 0.204. The highest BCUT2D eigenvalue weighted by Gasteiger charge is 2.16. The molecule has 0 aliphatic heterocycles. The maximum Gasteiger partial charge on any atom is 0.229 e. The monoisotopic (exact) mass is 291 g/mol. The second-order valence-electron chi connectivity index (χ2n) is 4.86. The SMILES string of the molecule is COc1ccc(-c2noc(C(C)CCCN)n2)cc1OC. The van der Waals surface area contributed by atoms with Crippen molar-refractivity contribution in [3.63, 3.8) is 0 Å². The van der Waals surface area contributed by atoms with Gasteiger partial charge in [-0.1, -0.05) is 12.1 Å². The van der Waals surface area contributed by atoms with E-state index in [-0.39, 0.29) is 5.92 Å². The lowest BCUT2D eigenvalue weighted by molar-refractivity contribution is 0.351. The molecule has 114 valence electrons. The number of ether oxygens (including phenoxy) is 2. The van der Waals surface area contributed by atoms with Crippen molar-refractivity contribution in [1.82, 2.24) is 10.1 Å². The number of nitrogens with two attached hydrogens (primary N) is 1. The molecular weight excluding hydrogens is 270 g/mol. The lowest BCUT2D eigenvalue weighted by Crippen LogP contribution is -2.02. The Bertz CT molecular complexity index is 583. The van der Waals surface area contributed by atoms with E-state index in [0.717, 1.165) is 18.4 Å². The third-order valence-electron chi connectivity index (χ3n) is 3.35. The summed E-state index contributed by atoms with van der Waals surface area (Å²) in [6, 6.07) is 5.53. The lowest BCUT2D eigenvalue weighted by atomic mass is 10.1. The zero-order valence-corrected chi connectivity index (χ0v) is 12.6. The molecule has 1 unspecified atom stereocenters. The third-order valence-corrected chi connectivity index (χ3v) is 3.35. The van der Waals surface area contributed by atoms with Gasteiger partial charge in [0, 0.05) is 11.5 Å². The second-order valence-corrected chi connectivity index (χ2v) is 4.86. The zero-order valence-electron chi connectivity index (χ0n) is 12.6. The van der Waals surface area contributed by atoms with Gasteiger partial charge in [0.25, 0.3) is 0 Å². The molecule has 0 radical (unpaired) electrons. The normalized spacial score (nSPS) is 12.2. The Labute approximate surface area is 124 Å². The average molecular weight is 291 g/mol. The molecule has 2 N–H and O–H groups in total. The van der Waals surface area contributed by atoms with Crippen LogP contribution in [0.15, 0.2) is 22.7 Å². The summed E-state index contributed by atoms with van der Waals surface area (Å²) < 4.78 is 15.8. The lowest BCUT2D eigenvalue weighted by Gasteiger charge is -2.07. The number of rotatable bonds is 7. The van der Waals surface area contributed by atoms with Crippen molar-refractivity contribution in [3.05, 3.63) is 24.1 Å². The standard InChI is InChI=1S/C15H21N3O3/c1-10(5-4-8-16)15-17-14(18-21-15)11-6-7-12(19-2)13(9-11)20-3/h6-7,9-10H,4-5,8,16H2,1-3H3. The van der Waals surface area contributed by atoms with Crippen LogP contribution in [0.3, 0.4) is 0 Å². The maximum atomic E-state index is 5.52. The summed E-state index contributed by atoms with van der Waals surface area (Å²) in [4.78, 5) is 4.45. The Kier molecular flexibility index (Phi) is 5.16. The molecule has 6 heteroatoms. The molecule has 0 spiro atoms. The number of aromatic nitrogens is 2. The van der Waals surface area contributed by atoms with E-state index in [1.54, 1.807) is 14.2 Å². The minimum Gasteiger partial charge on any atom is -0.493 e. The van der Waals surface area contributed by atoms with Gasteiger partial charge in [-0.25, -0.2) is 0 Å². The van der Waals surface area contributed by atoms with E-state index in [1.807, 2.05) is 18.2 Å². The van der Waals surface area contributed by atoms with E-state index in [2.05, 4.69) is 17.1 Å². The molecule has 1 aromatic carbocycles. The first kappa shape index (κ1) is 15.3. The number of methoxy groups -OCH3 is 2. The van der Waals surface area contributed by atoms with Crippen LogP contribution >= 0.6 is 0 Å². The summed E-state index contributed by atoms with van der Waals surface area (Å²) in [5.74, 6) is 2.69. The van der Waals surface area contributed by atoms with E-state index in [1.165, 1.54) is 0 Å². The summed E-state index contributed by atoms with van der Waals surface area (Å²) in [6.07, 6.45) is 1.87. The Morgan fingerprint density at radius 3 is 2.67 bits per heavy atom. The van der Waals surface area contributed by atoms with Gasteiger partial charge in [-0.3, -0.25) is 0 Å². The molecule has 21 heavy (non-hydrogen) atoms. The molecular formula is C15H21N3O3. The molecule has 1 atom stereocenters. The van der Waals surface area contributed by atoms with Crippen LogP contribution in [0, 0.1) is 0 Å². The van der Waals surface area contributed by atoms with Crippen LogP contribution in [0.1, 0.15) is 31.6 Å². The first-order chi connectivity index (χ1) is 10.2. The number of nitrogens with zero attached hydrogens (tertiary/aromatic N) is 2. The van der Waals surface area contributed by atoms with E-state index < -0.39 is 0 Å². The van der Waals surface area contributed by atoms with Crippen molar-refractivity contribution in [3.8, 4) is 22.9 Å². The fourth-order valence-corrected chi connectivity index (χ4v) is 2.08. The fourth-order valence-electron chi connectivity index (χ4n) is 2.08. The van der Waals surface area contributed by atoms with Gasteiger partial charge in [0.1, 0.15) is 0 Å².